The molecule has 4 heteroatoms. The number of rotatable bonds is 7. The quantitative estimate of drug-likeness (QED) is 0.762. The molecular formula is C19H22N2O2. The zero-order chi connectivity index (χ0) is 16.7. The summed E-state index contributed by atoms with van der Waals surface area (Å²) < 4.78 is 5.54. The Hall–Kier alpha value is -2.75. The molecule has 4 nitrogen and oxygen atoms in total. The molecule has 23 heavy (non-hydrogen) atoms. The van der Waals surface area contributed by atoms with Crippen molar-refractivity contribution >= 4 is 17.3 Å². The van der Waals surface area contributed by atoms with Gasteiger partial charge < -0.3 is 15.4 Å². The molecule has 0 radical (unpaired) electrons. The first-order chi connectivity index (χ1) is 11.1. The third-order valence-electron chi connectivity index (χ3n) is 3.42. The zero-order valence-electron chi connectivity index (χ0n) is 13.6. The van der Waals surface area contributed by atoms with E-state index in [9.17, 15) is 4.79 Å². The maximum absolute atomic E-state index is 12.2. The number of carbonyl (C=O) groups is 1. The van der Waals surface area contributed by atoms with Crippen LogP contribution in [0.1, 0.15) is 11.1 Å². The van der Waals surface area contributed by atoms with E-state index < -0.39 is 0 Å². The number of hydrogen-bond donors (Lipinski definition) is 2. The molecule has 0 aromatic heterocycles. The van der Waals surface area contributed by atoms with E-state index in [1.807, 2.05) is 56.3 Å². The van der Waals surface area contributed by atoms with Crippen molar-refractivity contribution in [2.45, 2.75) is 13.8 Å². The van der Waals surface area contributed by atoms with Gasteiger partial charge in [0.15, 0.2) is 0 Å². The highest BCUT2D eigenvalue weighted by molar-refractivity contribution is 5.95. The minimum absolute atomic E-state index is 0.123. The van der Waals surface area contributed by atoms with E-state index in [0.29, 0.717) is 18.0 Å². The number of anilines is 2. The molecule has 0 heterocycles. The van der Waals surface area contributed by atoms with Crippen molar-refractivity contribution in [1.29, 1.82) is 0 Å². The van der Waals surface area contributed by atoms with Gasteiger partial charge in [-0.1, -0.05) is 43.0 Å². The zero-order valence-corrected chi connectivity index (χ0v) is 13.6. The lowest BCUT2D eigenvalue weighted by Crippen LogP contribution is -2.22. The predicted octanol–water partition coefficient (Wildman–Crippen LogP) is 3.92. The Morgan fingerprint density at radius 1 is 1.13 bits per heavy atom. The molecule has 2 aromatic rings. The highest BCUT2D eigenvalue weighted by atomic mass is 16.5. The Bertz CT molecular complexity index is 675. The second-order valence-corrected chi connectivity index (χ2v) is 5.26. The molecule has 0 aliphatic rings. The number of para-hydroxylation sites is 3. The van der Waals surface area contributed by atoms with Crippen LogP contribution in [-0.2, 0) is 4.79 Å². The van der Waals surface area contributed by atoms with Crippen LogP contribution in [-0.4, -0.2) is 19.1 Å². The Kier molecular flexibility index (Phi) is 5.80. The normalized spacial score (nSPS) is 10.0. The molecule has 120 valence electrons. The van der Waals surface area contributed by atoms with E-state index >= 15 is 0 Å². The molecule has 0 spiro atoms. The van der Waals surface area contributed by atoms with Gasteiger partial charge in [-0.25, -0.2) is 0 Å². The molecule has 0 bridgehead atoms. The Morgan fingerprint density at radius 3 is 2.52 bits per heavy atom. The van der Waals surface area contributed by atoms with Gasteiger partial charge in [0, 0.05) is 5.69 Å². The number of benzene rings is 2. The van der Waals surface area contributed by atoms with Crippen LogP contribution in [0, 0.1) is 13.8 Å². The molecular weight excluding hydrogens is 288 g/mol. The van der Waals surface area contributed by atoms with Gasteiger partial charge in [0.1, 0.15) is 12.4 Å². The maximum Gasteiger partial charge on any atom is 0.243 e. The molecule has 0 aliphatic carbocycles. The summed E-state index contributed by atoms with van der Waals surface area (Å²) in [5.74, 6) is 0.509. The monoisotopic (exact) mass is 310 g/mol. The van der Waals surface area contributed by atoms with Crippen molar-refractivity contribution in [1.82, 2.24) is 0 Å². The summed E-state index contributed by atoms with van der Waals surface area (Å²) in [6.45, 7) is 8.25. The molecule has 0 atom stereocenters. The standard InChI is InChI=1S/C19H22N2O2/c1-4-12-23-17-11-6-5-10-16(17)21-18(22)13-20-19-14(2)8-7-9-15(19)3/h4-11,20H,1,12-13H2,2-3H3,(H,21,22). The minimum Gasteiger partial charge on any atom is -0.487 e. The van der Waals surface area contributed by atoms with Crippen LogP contribution in [0.25, 0.3) is 0 Å². The van der Waals surface area contributed by atoms with Crippen LogP contribution in [0.5, 0.6) is 5.75 Å². The van der Waals surface area contributed by atoms with Crippen molar-refractivity contribution in [3.63, 3.8) is 0 Å². The summed E-state index contributed by atoms with van der Waals surface area (Å²) in [5.41, 5.74) is 3.89. The molecule has 0 saturated carbocycles. The van der Waals surface area contributed by atoms with Gasteiger partial charge in [0.2, 0.25) is 5.91 Å². The highest BCUT2D eigenvalue weighted by Gasteiger charge is 2.08. The van der Waals surface area contributed by atoms with E-state index in [-0.39, 0.29) is 12.5 Å². The van der Waals surface area contributed by atoms with Gasteiger partial charge in [-0.3, -0.25) is 4.79 Å². The molecule has 2 aromatic carbocycles. The van der Waals surface area contributed by atoms with Gasteiger partial charge in [0.25, 0.3) is 0 Å². The average Bonchev–Trinajstić information content (AvgIpc) is 2.53. The number of carbonyl (C=O) groups excluding carboxylic acids is 1. The van der Waals surface area contributed by atoms with Crippen LogP contribution < -0.4 is 15.4 Å². The predicted molar refractivity (Wildman–Crippen MR) is 95.2 cm³/mol. The third-order valence-corrected chi connectivity index (χ3v) is 3.42. The lowest BCUT2D eigenvalue weighted by Gasteiger charge is -2.14. The topological polar surface area (TPSA) is 50.4 Å². The summed E-state index contributed by atoms with van der Waals surface area (Å²) in [7, 11) is 0. The van der Waals surface area contributed by atoms with E-state index in [0.717, 1.165) is 16.8 Å². The molecule has 2 rings (SSSR count). The van der Waals surface area contributed by atoms with Crippen molar-refractivity contribution in [2.75, 3.05) is 23.8 Å². The molecule has 0 fully saturated rings. The van der Waals surface area contributed by atoms with Gasteiger partial charge in [-0.15, -0.1) is 0 Å². The fourth-order valence-electron chi connectivity index (χ4n) is 2.30. The number of ether oxygens (including phenoxy) is 1. The SMILES string of the molecule is C=CCOc1ccccc1NC(=O)CNc1c(C)cccc1C. The van der Waals surface area contributed by atoms with Crippen molar-refractivity contribution < 1.29 is 9.53 Å². The molecule has 1 amide bonds. The molecule has 0 unspecified atom stereocenters. The Labute approximate surface area is 137 Å². The lowest BCUT2D eigenvalue weighted by atomic mass is 10.1. The summed E-state index contributed by atoms with van der Waals surface area (Å²) in [4.78, 5) is 12.2. The molecule has 0 aliphatic heterocycles. The summed E-state index contributed by atoms with van der Waals surface area (Å²) in [6.07, 6.45) is 1.67. The van der Waals surface area contributed by atoms with E-state index in [1.54, 1.807) is 6.08 Å². The van der Waals surface area contributed by atoms with E-state index in [1.165, 1.54) is 0 Å². The largest absolute Gasteiger partial charge is 0.487 e. The van der Waals surface area contributed by atoms with E-state index in [4.69, 9.17) is 4.74 Å². The first-order valence-electron chi connectivity index (χ1n) is 7.54. The smallest absolute Gasteiger partial charge is 0.243 e. The van der Waals surface area contributed by atoms with Gasteiger partial charge in [-0.05, 0) is 37.1 Å². The van der Waals surface area contributed by atoms with Crippen LogP contribution >= 0.6 is 0 Å². The van der Waals surface area contributed by atoms with Crippen molar-refractivity contribution in [2.24, 2.45) is 0 Å². The Balaban J connectivity index is 1.99. The van der Waals surface area contributed by atoms with Crippen LogP contribution in [0.2, 0.25) is 0 Å². The first kappa shape index (κ1) is 16.6. The van der Waals surface area contributed by atoms with Crippen molar-refractivity contribution in [3.05, 3.63) is 66.2 Å². The minimum atomic E-state index is -0.123. The average molecular weight is 310 g/mol. The molecule has 0 saturated heterocycles. The van der Waals surface area contributed by atoms with Gasteiger partial charge >= 0.3 is 0 Å². The first-order valence-corrected chi connectivity index (χ1v) is 7.54. The van der Waals surface area contributed by atoms with Crippen LogP contribution in [0.15, 0.2) is 55.1 Å². The highest BCUT2D eigenvalue weighted by Crippen LogP contribution is 2.24. The maximum atomic E-state index is 12.2. The fourth-order valence-corrected chi connectivity index (χ4v) is 2.30. The number of hydrogen-bond acceptors (Lipinski definition) is 3. The summed E-state index contributed by atoms with van der Waals surface area (Å²) >= 11 is 0. The van der Waals surface area contributed by atoms with E-state index in [2.05, 4.69) is 17.2 Å². The number of nitrogens with one attached hydrogen (secondary N) is 2. The Morgan fingerprint density at radius 2 is 1.83 bits per heavy atom. The second-order valence-electron chi connectivity index (χ2n) is 5.26. The number of amides is 1. The van der Waals surface area contributed by atoms with Gasteiger partial charge in [-0.2, -0.15) is 0 Å². The van der Waals surface area contributed by atoms with Crippen LogP contribution in [0.4, 0.5) is 11.4 Å². The van der Waals surface area contributed by atoms with Gasteiger partial charge in [0.05, 0.1) is 12.2 Å². The fraction of sp³-hybridized carbons (Fsp3) is 0.211. The molecule has 2 N–H and O–H groups in total. The third kappa shape index (κ3) is 4.61. The summed E-state index contributed by atoms with van der Waals surface area (Å²) in [5, 5.41) is 6.06. The lowest BCUT2D eigenvalue weighted by molar-refractivity contribution is -0.114. The second kappa shape index (κ2) is 8.03. The summed E-state index contributed by atoms with van der Waals surface area (Å²) in [6, 6.07) is 13.4. The number of aryl methyl sites for hydroxylation is 2. The van der Waals surface area contributed by atoms with Crippen molar-refractivity contribution in [3.8, 4) is 5.75 Å². The van der Waals surface area contributed by atoms with Crippen LogP contribution in [0.3, 0.4) is 0 Å².